The van der Waals surface area contributed by atoms with E-state index < -0.39 is 25.7 Å². The second-order valence-corrected chi connectivity index (χ2v) is 16.8. The van der Waals surface area contributed by atoms with Crippen LogP contribution in [0.1, 0.15) is 87.4 Å². The monoisotopic (exact) mass is 521 g/mol. The quantitative estimate of drug-likeness (QED) is 0.244. The van der Waals surface area contributed by atoms with Gasteiger partial charge in [-0.25, -0.2) is 9.37 Å². The van der Waals surface area contributed by atoms with Crippen LogP contribution in [0.25, 0.3) is 11.0 Å². The van der Waals surface area contributed by atoms with Gasteiger partial charge in [0.05, 0.1) is 11.1 Å². The van der Waals surface area contributed by atoms with Gasteiger partial charge in [-0.1, -0.05) is 53.7 Å². The number of aromatic nitrogens is 2. The van der Waals surface area contributed by atoms with E-state index in [1.165, 1.54) is 17.0 Å². The molecule has 0 fully saturated rings. The van der Waals surface area contributed by atoms with Crippen LogP contribution in [0.5, 0.6) is 5.75 Å². The van der Waals surface area contributed by atoms with Crippen molar-refractivity contribution >= 4 is 31.2 Å². The smallest absolute Gasteiger partial charge is 0.281 e. The summed E-state index contributed by atoms with van der Waals surface area (Å²) in [6.45, 7) is 18.5. The highest BCUT2D eigenvalue weighted by molar-refractivity contribution is 6.78. The van der Waals surface area contributed by atoms with Crippen LogP contribution in [0.15, 0.2) is 36.5 Å². The number of hydrogen-bond donors (Lipinski definition) is 0. The van der Waals surface area contributed by atoms with Gasteiger partial charge in [-0.15, -0.1) is 0 Å². The Morgan fingerprint density at radius 2 is 1.46 bits per heavy atom. The molecule has 0 spiro atoms. The molecule has 0 saturated carbocycles. The van der Waals surface area contributed by atoms with Gasteiger partial charge in [0.25, 0.3) is 20.1 Å². The zero-order valence-corrected chi connectivity index (χ0v) is 24.1. The molecule has 1 aliphatic heterocycles. The van der Waals surface area contributed by atoms with Crippen molar-refractivity contribution in [1.82, 2.24) is 14.9 Å². The number of imide groups is 1. The maximum Gasteiger partial charge on any atom is 0.281 e. The number of benzene rings is 1. The number of hydrogen-bond acceptors (Lipinski definition) is 5. The number of rotatable bonds is 7. The zero-order valence-electron chi connectivity index (χ0n) is 23.1. The van der Waals surface area contributed by atoms with Gasteiger partial charge in [0, 0.05) is 6.20 Å². The summed E-state index contributed by atoms with van der Waals surface area (Å²) in [7, 11) is -2.53. The highest BCUT2D eigenvalue weighted by Crippen LogP contribution is 2.47. The molecule has 0 N–H and O–H groups in total. The molecule has 0 unspecified atom stereocenters. The number of carbonyl (C=O) groups is 2. The summed E-state index contributed by atoms with van der Waals surface area (Å²) in [5.74, 6) is -0.983. The predicted molar refractivity (Wildman–Crippen MR) is 146 cm³/mol. The minimum absolute atomic E-state index is 0.0814. The molecule has 0 aliphatic carbocycles. The van der Waals surface area contributed by atoms with Crippen molar-refractivity contribution in [2.75, 3.05) is 0 Å². The van der Waals surface area contributed by atoms with E-state index >= 15 is 0 Å². The fourth-order valence-corrected chi connectivity index (χ4v) is 11.3. The molecular weight excluding hydrogens is 485 g/mol. The van der Waals surface area contributed by atoms with Gasteiger partial charge in [0.1, 0.15) is 28.3 Å². The van der Waals surface area contributed by atoms with Gasteiger partial charge in [0.2, 0.25) is 0 Å². The fourth-order valence-electron chi connectivity index (χ4n) is 6.04. The number of carbonyl (C=O) groups excluding carboxylic acids is 2. The average molecular weight is 522 g/mol. The van der Waals surface area contributed by atoms with Crippen LogP contribution in [0.2, 0.25) is 16.6 Å². The van der Waals surface area contributed by atoms with E-state index in [0.717, 1.165) is 5.56 Å². The first-order valence-corrected chi connectivity index (χ1v) is 15.0. The van der Waals surface area contributed by atoms with Gasteiger partial charge < -0.3 is 4.43 Å². The van der Waals surface area contributed by atoms with Crippen LogP contribution in [0.4, 0.5) is 4.39 Å². The molecule has 4 rings (SSSR count). The van der Waals surface area contributed by atoms with E-state index in [-0.39, 0.29) is 33.7 Å². The third-order valence-electron chi connectivity index (χ3n) is 7.95. The lowest BCUT2D eigenvalue weighted by Gasteiger charge is -2.42. The molecule has 0 bridgehead atoms. The molecule has 1 aromatic carbocycles. The molecule has 1 aliphatic rings. The third-order valence-corrected chi connectivity index (χ3v) is 13.9. The lowest BCUT2D eigenvalue weighted by atomic mass is 9.92. The molecule has 6 nitrogen and oxygen atoms in total. The Labute approximate surface area is 219 Å². The molecule has 2 aromatic heterocycles. The number of nitrogens with zero attached hydrogens (tertiary/aromatic N) is 3. The number of pyridine rings is 2. The van der Waals surface area contributed by atoms with E-state index in [1.807, 2.05) is 13.0 Å². The third kappa shape index (κ3) is 4.06. The van der Waals surface area contributed by atoms with Crippen molar-refractivity contribution in [2.45, 2.75) is 84.5 Å². The SMILES string of the molecule is Cc1ccnc2c(O[Si](C(C)C)(C(C)C)C(C)C)c3c(nc12)C(=O)N(C(C)(C)c1ccc(F)cc1)C3=O. The first kappa shape index (κ1) is 26.9. The van der Waals surface area contributed by atoms with Crippen LogP contribution < -0.4 is 4.43 Å². The standard InChI is InChI=1S/C29H36FN3O3Si/c1-16(2)37(17(3)4,18(5)6)36-26-22-24(32-23-19(7)14-15-31-25(23)26)28(35)33(27(22)34)29(8,9)20-10-12-21(30)13-11-20/h10-18H,1-9H3. The molecule has 0 radical (unpaired) electrons. The topological polar surface area (TPSA) is 72.4 Å². The van der Waals surface area contributed by atoms with Crippen LogP contribution in [-0.4, -0.2) is 35.0 Å². The first-order chi connectivity index (χ1) is 17.2. The first-order valence-electron chi connectivity index (χ1n) is 12.9. The zero-order chi connectivity index (χ0) is 27.4. The predicted octanol–water partition coefficient (Wildman–Crippen LogP) is 7.16. The Hall–Kier alpha value is -3.13. The largest absolute Gasteiger partial charge is 0.541 e. The van der Waals surface area contributed by atoms with E-state index in [9.17, 15) is 14.0 Å². The molecule has 3 heterocycles. The van der Waals surface area contributed by atoms with Crippen LogP contribution in [0, 0.1) is 12.7 Å². The summed E-state index contributed by atoms with van der Waals surface area (Å²) in [6.07, 6.45) is 1.68. The van der Waals surface area contributed by atoms with Crippen LogP contribution in [-0.2, 0) is 5.54 Å². The Bertz CT molecular complexity index is 1360. The number of halogens is 1. The molecule has 3 aromatic rings. The molecule has 37 heavy (non-hydrogen) atoms. The Morgan fingerprint density at radius 3 is 2.00 bits per heavy atom. The van der Waals surface area contributed by atoms with Gasteiger partial charge in [0.15, 0.2) is 0 Å². The van der Waals surface area contributed by atoms with Crippen molar-refractivity contribution in [3.8, 4) is 5.75 Å². The lowest BCUT2D eigenvalue weighted by Crippen LogP contribution is -2.51. The van der Waals surface area contributed by atoms with Gasteiger partial charge >= 0.3 is 0 Å². The van der Waals surface area contributed by atoms with E-state index in [4.69, 9.17) is 4.43 Å². The molecule has 0 atom stereocenters. The number of fused-ring (bicyclic) bond motifs is 2. The second kappa shape index (κ2) is 9.31. The van der Waals surface area contributed by atoms with Gasteiger partial charge in [-0.05, 0) is 66.7 Å². The molecule has 8 heteroatoms. The van der Waals surface area contributed by atoms with E-state index in [1.54, 1.807) is 32.2 Å². The summed E-state index contributed by atoms with van der Waals surface area (Å²) < 4.78 is 20.7. The van der Waals surface area contributed by atoms with Crippen LogP contribution in [0.3, 0.4) is 0 Å². The summed E-state index contributed by atoms with van der Waals surface area (Å²) >= 11 is 0. The fraction of sp³-hybridized carbons (Fsp3) is 0.448. The Balaban J connectivity index is 1.99. The van der Waals surface area contributed by atoms with E-state index in [2.05, 4.69) is 51.5 Å². The van der Waals surface area contributed by atoms with Crippen LogP contribution >= 0.6 is 0 Å². The molecule has 0 saturated heterocycles. The molecule has 2 amide bonds. The number of amides is 2. The van der Waals surface area contributed by atoms with Crippen molar-refractivity contribution in [2.24, 2.45) is 0 Å². The highest BCUT2D eigenvalue weighted by Gasteiger charge is 2.52. The van der Waals surface area contributed by atoms with Crippen molar-refractivity contribution < 1.29 is 18.4 Å². The van der Waals surface area contributed by atoms with Gasteiger partial charge in [-0.3, -0.25) is 19.5 Å². The Morgan fingerprint density at radius 1 is 0.892 bits per heavy atom. The summed E-state index contributed by atoms with van der Waals surface area (Å²) in [5, 5.41) is 0. The minimum Gasteiger partial charge on any atom is -0.541 e. The van der Waals surface area contributed by atoms with E-state index in [0.29, 0.717) is 22.3 Å². The maximum absolute atomic E-state index is 14.1. The van der Waals surface area contributed by atoms with Crippen molar-refractivity contribution in [1.29, 1.82) is 0 Å². The highest BCUT2D eigenvalue weighted by atomic mass is 28.4. The Kier molecular flexibility index (Phi) is 6.77. The second-order valence-electron chi connectivity index (χ2n) is 11.4. The minimum atomic E-state index is -2.53. The lowest BCUT2D eigenvalue weighted by molar-refractivity contribution is 0.0472. The van der Waals surface area contributed by atoms with Crippen molar-refractivity contribution in [3.63, 3.8) is 0 Å². The van der Waals surface area contributed by atoms with Crippen molar-refractivity contribution in [3.05, 3.63) is 64.7 Å². The molecule has 196 valence electrons. The maximum atomic E-state index is 14.1. The summed E-state index contributed by atoms with van der Waals surface area (Å²) in [6, 6.07) is 7.69. The normalized spacial score (nSPS) is 14.5. The summed E-state index contributed by atoms with van der Waals surface area (Å²) in [5.41, 5.74) is 2.48. The average Bonchev–Trinajstić information content (AvgIpc) is 3.07. The summed E-state index contributed by atoms with van der Waals surface area (Å²) in [4.78, 5) is 38.5. The number of aryl methyl sites for hydroxylation is 1. The molecular formula is C29H36FN3O3Si. The van der Waals surface area contributed by atoms with Gasteiger partial charge in [-0.2, -0.15) is 0 Å².